The van der Waals surface area contributed by atoms with Crippen LogP contribution in [0.1, 0.15) is 0 Å². The minimum Gasteiger partial charge on any atom is -0.506 e. The number of hydrogen-bond donors (Lipinski definition) is 2. The van der Waals surface area contributed by atoms with Gasteiger partial charge >= 0.3 is 0 Å². The molecule has 0 saturated carbocycles. The highest BCUT2D eigenvalue weighted by Gasteiger charge is 2.20. The Labute approximate surface area is 397 Å². The number of benzene rings is 10. The normalized spacial score (nSPS) is 11.6. The molecule has 10 aromatic carbocycles. The second kappa shape index (κ2) is 16.2. The number of fused-ring (bicyclic) bond motifs is 5. The van der Waals surface area contributed by atoms with E-state index in [-0.39, 0.29) is 11.5 Å². The van der Waals surface area contributed by atoms with Crippen LogP contribution < -0.4 is 0 Å². The fraction of sp³-hybridized carbons (Fsp3) is 0. The number of aromatic nitrogens is 4. The van der Waals surface area contributed by atoms with E-state index in [2.05, 4.69) is 172 Å². The Morgan fingerprint density at radius 2 is 0.797 bits per heavy atom. The molecule has 6 nitrogen and oxygen atoms in total. The van der Waals surface area contributed by atoms with Gasteiger partial charge < -0.3 is 10.2 Å². The molecule has 0 spiro atoms. The van der Waals surface area contributed by atoms with Gasteiger partial charge in [-0.2, -0.15) is 0 Å². The van der Waals surface area contributed by atoms with Crippen molar-refractivity contribution in [2.45, 2.75) is 0 Å². The average molecular weight is 885 g/mol. The molecule has 0 aliphatic rings. The summed E-state index contributed by atoms with van der Waals surface area (Å²) in [6, 6.07) is 75.9. The SMILES string of the molecule is Oc1ccc(-c2ccc(-c3c4ccccc4c(-c4ccc(-c5ccc(O)c6ncccc56)cc4)c4cc(-c5ccc(-c6nc7ccccc7n6-c6ccccc6)cc5)ccc34)cc2)c2cccnc12. The van der Waals surface area contributed by atoms with Gasteiger partial charge in [0, 0.05) is 34.4 Å². The Kier molecular flexibility index (Phi) is 9.37. The molecule has 2 N–H and O–H groups in total. The third-order valence-electron chi connectivity index (χ3n) is 13.5. The van der Waals surface area contributed by atoms with Crippen LogP contribution in [0.4, 0.5) is 0 Å². The molecule has 13 aromatic rings. The summed E-state index contributed by atoms with van der Waals surface area (Å²) in [5, 5.41) is 27.6. The summed E-state index contributed by atoms with van der Waals surface area (Å²) in [7, 11) is 0. The van der Waals surface area contributed by atoms with E-state index in [0.29, 0.717) is 11.0 Å². The standard InChI is InChI=1S/C63H40N4O2/c68-57-34-32-47(52-14-8-36-64-61(52)57)40-20-24-42(25-21-40)59-49-12-4-5-13-50(49)60(43-26-22-41(23-27-43)48-33-35-58(69)62-53(48)15-9-37-65-62)54-38-45(30-31-51(54)59)39-18-28-44(29-19-39)63-66-55-16-6-7-17-56(55)67(63)46-10-2-1-3-11-46/h1-38,68-69H. The third-order valence-corrected chi connectivity index (χ3v) is 13.5. The molecule has 0 radical (unpaired) electrons. The molecule has 0 fully saturated rings. The second-order valence-electron chi connectivity index (χ2n) is 17.4. The molecule has 3 heterocycles. The Bertz CT molecular complexity index is 4130. The van der Waals surface area contributed by atoms with Crippen LogP contribution in [0, 0.1) is 0 Å². The largest absolute Gasteiger partial charge is 0.506 e. The molecule has 324 valence electrons. The van der Waals surface area contributed by atoms with Crippen LogP contribution in [0.2, 0.25) is 0 Å². The van der Waals surface area contributed by atoms with Crippen LogP contribution in [0.25, 0.3) is 127 Å². The molecule has 69 heavy (non-hydrogen) atoms. The molecule has 0 amide bonds. The van der Waals surface area contributed by atoms with E-state index in [0.717, 1.165) is 116 Å². The van der Waals surface area contributed by atoms with E-state index in [9.17, 15) is 10.2 Å². The smallest absolute Gasteiger partial charge is 0.145 e. The van der Waals surface area contributed by atoms with Crippen molar-refractivity contribution in [2.24, 2.45) is 0 Å². The summed E-state index contributed by atoms with van der Waals surface area (Å²) in [6.45, 7) is 0. The van der Waals surface area contributed by atoms with E-state index in [1.807, 2.05) is 48.5 Å². The van der Waals surface area contributed by atoms with Gasteiger partial charge in [-0.05, 0) is 144 Å². The molecule has 3 aromatic heterocycles. The third kappa shape index (κ3) is 6.69. The molecule has 0 aliphatic heterocycles. The first kappa shape index (κ1) is 39.9. The quantitative estimate of drug-likeness (QED) is 0.156. The van der Waals surface area contributed by atoms with E-state index < -0.39 is 0 Å². The van der Waals surface area contributed by atoms with Crippen molar-refractivity contribution in [3.63, 3.8) is 0 Å². The van der Waals surface area contributed by atoms with Crippen molar-refractivity contribution in [1.82, 2.24) is 19.5 Å². The van der Waals surface area contributed by atoms with Crippen LogP contribution in [0.5, 0.6) is 11.5 Å². The number of hydrogen-bond acceptors (Lipinski definition) is 5. The summed E-state index contributed by atoms with van der Waals surface area (Å²) < 4.78 is 2.24. The van der Waals surface area contributed by atoms with E-state index in [1.165, 1.54) is 0 Å². The van der Waals surface area contributed by atoms with Crippen LogP contribution in [0.3, 0.4) is 0 Å². The predicted molar refractivity (Wildman–Crippen MR) is 283 cm³/mol. The van der Waals surface area contributed by atoms with Crippen molar-refractivity contribution in [1.29, 1.82) is 0 Å². The monoisotopic (exact) mass is 884 g/mol. The fourth-order valence-electron chi connectivity index (χ4n) is 10.3. The van der Waals surface area contributed by atoms with E-state index in [1.54, 1.807) is 24.5 Å². The highest BCUT2D eigenvalue weighted by atomic mass is 16.3. The van der Waals surface area contributed by atoms with Gasteiger partial charge in [-0.15, -0.1) is 0 Å². The predicted octanol–water partition coefficient (Wildman–Crippen LogP) is 15.8. The maximum atomic E-state index is 10.6. The van der Waals surface area contributed by atoms with Crippen molar-refractivity contribution < 1.29 is 10.2 Å². The molecule has 6 heteroatoms. The molecule has 0 saturated heterocycles. The fourth-order valence-corrected chi connectivity index (χ4v) is 10.3. The molecule has 0 atom stereocenters. The minimum absolute atomic E-state index is 0.169. The minimum atomic E-state index is 0.169. The summed E-state index contributed by atoms with van der Waals surface area (Å²) in [6.07, 6.45) is 3.42. The lowest BCUT2D eigenvalue weighted by molar-refractivity contribution is 0.480. The van der Waals surface area contributed by atoms with Gasteiger partial charge in [-0.3, -0.25) is 14.5 Å². The van der Waals surface area contributed by atoms with Crippen LogP contribution >= 0.6 is 0 Å². The zero-order valence-corrected chi connectivity index (χ0v) is 37.1. The lowest BCUT2D eigenvalue weighted by atomic mass is 9.84. The van der Waals surface area contributed by atoms with Crippen molar-refractivity contribution in [3.8, 4) is 84.2 Å². The zero-order valence-electron chi connectivity index (χ0n) is 37.1. The lowest BCUT2D eigenvalue weighted by Gasteiger charge is -2.19. The maximum absolute atomic E-state index is 10.6. The van der Waals surface area contributed by atoms with Crippen LogP contribution in [-0.4, -0.2) is 29.7 Å². The first-order chi connectivity index (χ1) is 34.1. The highest BCUT2D eigenvalue weighted by Crippen LogP contribution is 2.46. The van der Waals surface area contributed by atoms with Crippen LogP contribution in [0.15, 0.2) is 231 Å². The lowest BCUT2D eigenvalue weighted by Crippen LogP contribution is -1.97. The van der Waals surface area contributed by atoms with E-state index >= 15 is 0 Å². The summed E-state index contributed by atoms with van der Waals surface area (Å²) in [4.78, 5) is 14.1. The molecule has 0 unspecified atom stereocenters. The average Bonchev–Trinajstić information content (AvgIpc) is 3.81. The van der Waals surface area contributed by atoms with Gasteiger partial charge in [-0.1, -0.05) is 152 Å². The summed E-state index contributed by atoms with van der Waals surface area (Å²) in [5.41, 5.74) is 16.1. The zero-order chi connectivity index (χ0) is 46.0. The Morgan fingerprint density at radius 3 is 1.41 bits per heavy atom. The number of phenols is 2. The number of rotatable bonds is 7. The summed E-state index contributed by atoms with van der Waals surface area (Å²) >= 11 is 0. The number of aromatic hydroxyl groups is 2. The number of pyridine rings is 2. The van der Waals surface area contributed by atoms with E-state index in [4.69, 9.17) is 4.98 Å². The molecular formula is C63H40N4O2. The Hall–Kier alpha value is -9.39. The van der Waals surface area contributed by atoms with Crippen LogP contribution in [-0.2, 0) is 0 Å². The second-order valence-corrected chi connectivity index (χ2v) is 17.4. The van der Waals surface area contributed by atoms with Gasteiger partial charge in [0.1, 0.15) is 28.4 Å². The number of nitrogens with zero attached hydrogens (tertiary/aromatic N) is 4. The van der Waals surface area contributed by atoms with Gasteiger partial charge in [0.2, 0.25) is 0 Å². The first-order valence-electron chi connectivity index (χ1n) is 23.0. The number of imidazole rings is 1. The van der Waals surface area contributed by atoms with Crippen molar-refractivity contribution in [3.05, 3.63) is 231 Å². The Morgan fingerprint density at radius 1 is 0.333 bits per heavy atom. The number of phenolic OH excluding ortho intramolecular Hbond substituents is 2. The molecule has 0 aliphatic carbocycles. The maximum Gasteiger partial charge on any atom is 0.145 e. The van der Waals surface area contributed by atoms with Crippen molar-refractivity contribution >= 4 is 54.4 Å². The van der Waals surface area contributed by atoms with Gasteiger partial charge in [-0.25, -0.2) is 4.98 Å². The van der Waals surface area contributed by atoms with Gasteiger partial charge in [0.25, 0.3) is 0 Å². The Balaban J connectivity index is 0.977. The van der Waals surface area contributed by atoms with Gasteiger partial charge in [0.15, 0.2) is 0 Å². The number of para-hydroxylation sites is 3. The molecule has 0 bridgehead atoms. The molecule has 13 rings (SSSR count). The van der Waals surface area contributed by atoms with Gasteiger partial charge in [0.05, 0.1) is 11.0 Å². The first-order valence-corrected chi connectivity index (χ1v) is 23.0. The molecular weight excluding hydrogens is 845 g/mol. The highest BCUT2D eigenvalue weighted by molar-refractivity contribution is 6.22. The summed E-state index contributed by atoms with van der Waals surface area (Å²) in [5.74, 6) is 1.23. The topological polar surface area (TPSA) is 84.1 Å². The van der Waals surface area contributed by atoms with Crippen molar-refractivity contribution in [2.75, 3.05) is 0 Å².